The maximum atomic E-state index is 12.8. The fourth-order valence-corrected chi connectivity index (χ4v) is 3.24. The van der Waals surface area contributed by atoms with Gasteiger partial charge in [-0.25, -0.2) is 0 Å². The third-order valence-electron chi connectivity index (χ3n) is 5.47. The number of carbonyl (C=O) groups excluding carboxylic acids is 2. The van der Waals surface area contributed by atoms with Crippen LogP contribution in [0.25, 0.3) is 0 Å². The van der Waals surface area contributed by atoms with E-state index in [1.807, 2.05) is 27.7 Å². The first-order valence-electron chi connectivity index (χ1n) is 8.39. The summed E-state index contributed by atoms with van der Waals surface area (Å²) < 4.78 is 12.1. The molecule has 0 atom stereocenters. The normalized spacial score (nSPS) is 20.4. The van der Waals surface area contributed by atoms with Gasteiger partial charge in [-0.2, -0.15) is 0 Å². The molecule has 1 fully saturated rings. The van der Waals surface area contributed by atoms with Crippen molar-refractivity contribution in [2.45, 2.75) is 38.9 Å². The van der Waals surface area contributed by atoms with Crippen molar-refractivity contribution in [3.8, 4) is 0 Å². The zero-order valence-electron chi connectivity index (χ0n) is 14.8. The molecule has 2 aromatic rings. The summed E-state index contributed by atoms with van der Waals surface area (Å²) in [7, 11) is -0.560. The van der Waals surface area contributed by atoms with Gasteiger partial charge in [0.1, 0.15) is 0 Å². The predicted octanol–water partition coefficient (Wildman–Crippen LogP) is 2.76. The van der Waals surface area contributed by atoms with Crippen LogP contribution in [-0.4, -0.2) is 29.9 Å². The second-order valence-electron chi connectivity index (χ2n) is 7.60. The SMILES string of the molecule is CC1(C)OB(c2ccc3c(c2)C(=O)c2ccccc2C3=O)OC1(C)C. The lowest BCUT2D eigenvalue weighted by molar-refractivity contribution is 0.00578. The summed E-state index contributed by atoms with van der Waals surface area (Å²) in [6.07, 6.45) is 0. The number of benzene rings is 2. The maximum absolute atomic E-state index is 12.8. The highest BCUT2D eigenvalue weighted by atomic mass is 16.7. The zero-order valence-corrected chi connectivity index (χ0v) is 14.8. The van der Waals surface area contributed by atoms with Gasteiger partial charge in [-0.3, -0.25) is 9.59 Å². The first-order chi connectivity index (χ1) is 11.7. The maximum Gasteiger partial charge on any atom is 0.494 e. The van der Waals surface area contributed by atoms with Gasteiger partial charge >= 0.3 is 7.12 Å². The summed E-state index contributed by atoms with van der Waals surface area (Å²) in [4.78, 5) is 25.5. The molecule has 5 heteroatoms. The lowest BCUT2D eigenvalue weighted by Gasteiger charge is -2.32. The molecule has 1 heterocycles. The molecule has 0 N–H and O–H groups in total. The van der Waals surface area contributed by atoms with E-state index in [4.69, 9.17) is 9.31 Å². The summed E-state index contributed by atoms with van der Waals surface area (Å²) in [5.41, 5.74) is 1.59. The summed E-state index contributed by atoms with van der Waals surface area (Å²) in [6, 6.07) is 12.2. The number of carbonyl (C=O) groups is 2. The smallest absolute Gasteiger partial charge is 0.399 e. The molecule has 2 aromatic carbocycles. The molecule has 0 aromatic heterocycles. The molecule has 25 heavy (non-hydrogen) atoms. The van der Waals surface area contributed by atoms with E-state index in [1.165, 1.54) is 0 Å². The third-order valence-corrected chi connectivity index (χ3v) is 5.47. The van der Waals surface area contributed by atoms with E-state index < -0.39 is 18.3 Å². The minimum atomic E-state index is -0.560. The highest BCUT2D eigenvalue weighted by Crippen LogP contribution is 2.37. The topological polar surface area (TPSA) is 52.6 Å². The second kappa shape index (κ2) is 5.13. The Labute approximate surface area is 147 Å². The van der Waals surface area contributed by atoms with E-state index in [9.17, 15) is 9.59 Å². The Bertz CT molecular complexity index is 898. The molecule has 0 bridgehead atoms. The predicted molar refractivity (Wildman–Crippen MR) is 95.5 cm³/mol. The fraction of sp³-hybridized carbons (Fsp3) is 0.300. The number of hydrogen-bond acceptors (Lipinski definition) is 4. The summed E-state index contributed by atoms with van der Waals surface area (Å²) in [5.74, 6) is -0.255. The molecule has 1 aliphatic heterocycles. The van der Waals surface area contributed by atoms with Crippen LogP contribution >= 0.6 is 0 Å². The van der Waals surface area contributed by atoms with Crippen molar-refractivity contribution in [2.24, 2.45) is 0 Å². The number of fused-ring (bicyclic) bond motifs is 2. The Morgan fingerprint density at radius 2 is 1.20 bits per heavy atom. The summed E-state index contributed by atoms with van der Waals surface area (Å²) >= 11 is 0. The quantitative estimate of drug-likeness (QED) is 0.642. The molecule has 0 amide bonds. The number of hydrogen-bond donors (Lipinski definition) is 0. The van der Waals surface area contributed by atoms with Crippen molar-refractivity contribution in [3.63, 3.8) is 0 Å². The van der Waals surface area contributed by atoms with Gasteiger partial charge in [0.25, 0.3) is 0 Å². The van der Waals surface area contributed by atoms with Crippen molar-refractivity contribution in [2.75, 3.05) is 0 Å². The molecule has 4 nitrogen and oxygen atoms in total. The highest BCUT2D eigenvalue weighted by molar-refractivity contribution is 6.62. The minimum absolute atomic E-state index is 0.120. The van der Waals surface area contributed by atoms with E-state index in [1.54, 1.807) is 42.5 Å². The Hall–Kier alpha value is -2.24. The first-order valence-corrected chi connectivity index (χ1v) is 8.39. The second-order valence-corrected chi connectivity index (χ2v) is 7.60. The van der Waals surface area contributed by atoms with Crippen LogP contribution in [0, 0.1) is 0 Å². The molecule has 4 rings (SSSR count). The van der Waals surface area contributed by atoms with Gasteiger partial charge in [-0.15, -0.1) is 0 Å². The molecule has 0 spiro atoms. The van der Waals surface area contributed by atoms with Gasteiger partial charge in [0.05, 0.1) is 11.2 Å². The van der Waals surface area contributed by atoms with Crippen LogP contribution < -0.4 is 5.46 Å². The summed E-state index contributed by atoms with van der Waals surface area (Å²) in [6.45, 7) is 7.93. The average Bonchev–Trinajstić information content (AvgIpc) is 2.80. The fourth-order valence-electron chi connectivity index (χ4n) is 3.24. The molecule has 1 aliphatic carbocycles. The van der Waals surface area contributed by atoms with Crippen molar-refractivity contribution >= 4 is 24.1 Å². The van der Waals surface area contributed by atoms with E-state index in [-0.39, 0.29) is 11.6 Å². The monoisotopic (exact) mass is 334 g/mol. The Kier molecular flexibility index (Phi) is 3.33. The van der Waals surface area contributed by atoms with Gasteiger partial charge < -0.3 is 9.31 Å². The molecule has 126 valence electrons. The Morgan fingerprint density at radius 1 is 0.720 bits per heavy atom. The number of ketones is 2. The van der Waals surface area contributed by atoms with Crippen LogP contribution in [0.4, 0.5) is 0 Å². The third kappa shape index (κ3) is 2.30. The van der Waals surface area contributed by atoms with Crippen LogP contribution in [0.1, 0.15) is 59.5 Å². The van der Waals surface area contributed by atoms with Crippen LogP contribution in [0.3, 0.4) is 0 Å². The van der Waals surface area contributed by atoms with E-state index >= 15 is 0 Å². The van der Waals surface area contributed by atoms with E-state index in [0.29, 0.717) is 22.3 Å². The summed E-state index contributed by atoms with van der Waals surface area (Å²) in [5, 5.41) is 0. The minimum Gasteiger partial charge on any atom is -0.399 e. The van der Waals surface area contributed by atoms with Crippen LogP contribution in [0.15, 0.2) is 42.5 Å². The number of rotatable bonds is 1. The molecule has 0 radical (unpaired) electrons. The van der Waals surface area contributed by atoms with Crippen molar-refractivity contribution < 1.29 is 18.9 Å². The Balaban J connectivity index is 1.77. The van der Waals surface area contributed by atoms with E-state index in [0.717, 1.165) is 5.46 Å². The van der Waals surface area contributed by atoms with E-state index in [2.05, 4.69) is 0 Å². The lowest BCUT2D eigenvalue weighted by Crippen LogP contribution is -2.41. The lowest BCUT2D eigenvalue weighted by atomic mass is 9.75. The van der Waals surface area contributed by atoms with Crippen molar-refractivity contribution in [1.29, 1.82) is 0 Å². The van der Waals surface area contributed by atoms with Gasteiger partial charge in [0.15, 0.2) is 11.6 Å². The van der Waals surface area contributed by atoms with Gasteiger partial charge in [-0.1, -0.05) is 42.5 Å². The largest absolute Gasteiger partial charge is 0.494 e. The molecule has 0 saturated carbocycles. The van der Waals surface area contributed by atoms with Crippen LogP contribution in [0.2, 0.25) is 0 Å². The van der Waals surface area contributed by atoms with Crippen LogP contribution in [-0.2, 0) is 9.31 Å². The van der Waals surface area contributed by atoms with Gasteiger partial charge in [-0.05, 0) is 33.2 Å². The Morgan fingerprint density at radius 3 is 1.76 bits per heavy atom. The first kappa shape index (κ1) is 16.2. The average molecular weight is 334 g/mol. The van der Waals surface area contributed by atoms with Crippen molar-refractivity contribution in [1.82, 2.24) is 0 Å². The van der Waals surface area contributed by atoms with Gasteiger partial charge in [0.2, 0.25) is 0 Å². The van der Waals surface area contributed by atoms with Crippen LogP contribution in [0.5, 0.6) is 0 Å². The molecule has 0 unspecified atom stereocenters. The molecule has 2 aliphatic rings. The van der Waals surface area contributed by atoms with Crippen molar-refractivity contribution in [3.05, 3.63) is 64.7 Å². The van der Waals surface area contributed by atoms with Gasteiger partial charge in [0, 0.05) is 22.3 Å². The standard InChI is InChI=1S/C20H19BO4/c1-19(2)20(3,4)25-21(24-19)12-9-10-15-16(11-12)18(23)14-8-6-5-7-13(14)17(15)22/h5-11H,1-4H3. The molecular weight excluding hydrogens is 315 g/mol. The molecular formula is C20H19BO4. The highest BCUT2D eigenvalue weighted by Gasteiger charge is 2.52. The molecule has 1 saturated heterocycles. The zero-order chi connectivity index (χ0) is 18.0.